The van der Waals surface area contributed by atoms with Gasteiger partial charge >= 0.3 is 0 Å². The minimum atomic E-state index is 0.715. The molecule has 0 radical (unpaired) electrons. The lowest BCUT2D eigenvalue weighted by Gasteiger charge is -2.13. The number of nitrogens with zero attached hydrogens (tertiary/aromatic N) is 1. The third-order valence-electron chi connectivity index (χ3n) is 3.09. The molecular formula is C16H17NO. The number of anilines is 1. The second-order valence-electron chi connectivity index (χ2n) is 4.63. The summed E-state index contributed by atoms with van der Waals surface area (Å²) in [5.74, 6) is 0. The third-order valence-corrected chi connectivity index (χ3v) is 3.09. The molecule has 0 fully saturated rings. The monoisotopic (exact) mass is 239 g/mol. The van der Waals surface area contributed by atoms with Crippen molar-refractivity contribution in [3.8, 4) is 11.1 Å². The summed E-state index contributed by atoms with van der Waals surface area (Å²) in [5.41, 5.74) is 5.32. The van der Waals surface area contributed by atoms with Crippen LogP contribution in [0.1, 0.15) is 15.9 Å². The first-order valence-corrected chi connectivity index (χ1v) is 5.95. The summed E-state index contributed by atoms with van der Waals surface area (Å²) in [4.78, 5) is 12.9. The molecule has 2 rings (SSSR count). The Kier molecular flexibility index (Phi) is 3.47. The highest BCUT2D eigenvalue weighted by Crippen LogP contribution is 2.26. The van der Waals surface area contributed by atoms with Gasteiger partial charge in [0.05, 0.1) is 0 Å². The van der Waals surface area contributed by atoms with Gasteiger partial charge in [-0.2, -0.15) is 0 Å². The predicted molar refractivity (Wildman–Crippen MR) is 76.3 cm³/mol. The largest absolute Gasteiger partial charge is 0.378 e. The van der Waals surface area contributed by atoms with Gasteiger partial charge < -0.3 is 4.90 Å². The van der Waals surface area contributed by atoms with E-state index in [9.17, 15) is 4.79 Å². The molecule has 0 saturated heterocycles. The van der Waals surface area contributed by atoms with Crippen LogP contribution in [0.3, 0.4) is 0 Å². The highest BCUT2D eigenvalue weighted by Gasteiger charge is 2.04. The maximum absolute atomic E-state index is 10.8. The van der Waals surface area contributed by atoms with E-state index in [1.165, 1.54) is 11.3 Å². The fourth-order valence-corrected chi connectivity index (χ4v) is 1.96. The lowest BCUT2D eigenvalue weighted by molar-refractivity contribution is 0.112. The maximum Gasteiger partial charge on any atom is 0.150 e. The summed E-state index contributed by atoms with van der Waals surface area (Å²) in [5, 5.41) is 0. The molecular weight excluding hydrogens is 222 g/mol. The van der Waals surface area contributed by atoms with E-state index in [-0.39, 0.29) is 0 Å². The Morgan fingerprint density at radius 1 is 1.00 bits per heavy atom. The Hall–Kier alpha value is -2.09. The van der Waals surface area contributed by atoms with Crippen molar-refractivity contribution < 1.29 is 4.79 Å². The van der Waals surface area contributed by atoms with Crippen LogP contribution in [0.5, 0.6) is 0 Å². The van der Waals surface area contributed by atoms with Gasteiger partial charge in [0.2, 0.25) is 0 Å². The van der Waals surface area contributed by atoms with Gasteiger partial charge in [-0.15, -0.1) is 0 Å². The molecule has 0 saturated carbocycles. The van der Waals surface area contributed by atoms with Gasteiger partial charge in [0.15, 0.2) is 0 Å². The number of benzene rings is 2. The molecule has 2 nitrogen and oxygen atoms in total. The standard InChI is InChI=1S/C16H17NO/c1-12-4-5-13(11-18)10-16(12)14-6-8-15(9-7-14)17(2)3/h4-11H,1-3H3. The summed E-state index contributed by atoms with van der Waals surface area (Å²) < 4.78 is 0. The first-order chi connectivity index (χ1) is 8.61. The van der Waals surface area contributed by atoms with Crippen LogP contribution in [0.4, 0.5) is 5.69 Å². The van der Waals surface area contributed by atoms with Crippen LogP contribution < -0.4 is 4.90 Å². The lowest BCUT2D eigenvalue weighted by Crippen LogP contribution is -2.07. The van der Waals surface area contributed by atoms with Crippen LogP contribution in [-0.4, -0.2) is 20.4 Å². The number of carbonyl (C=O) groups excluding carboxylic acids is 1. The number of hydrogen-bond donors (Lipinski definition) is 0. The Morgan fingerprint density at radius 2 is 1.67 bits per heavy atom. The van der Waals surface area contributed by atoms with E-state index in [2.05, 4.69) is 36.1 Å². The van der Waals surface area contributed by atoms with Crippen molar-refractivity contribution in [1.82, 2.24) is 0 Å². The lowest BCUT2D eigenvalue weighted by atomic mass is 9.98. The summed E-state index contributed by atoms with van der Waals surface area (Å²) in [6.45, 7) is 2.06. The molecule has 0 spiro atoms. The fourth-order valence-electron chi connectivity index (χ4n) is 1.96. The second kappa shape index (κ2) is 5.05. The summed E-state index contributed by atoms with van der Waals surface area (Å²) >= 11 is 0. The van der Waals surface area contributed by atoms with E-state index >= 15 is 0 Å². The molecule has 2 aromatic carbocycles. The molecule has 18 heavy (non-hydrogen) atoms. The molecule has 92 valence electrons. The van der Waals surface area contributed by atoms with Gasteiger partial charge in [-0.1, -0.05) is 24.3 Å². The van der Waals surface area contributed by atoms with Crippen molar-refractivity contribution in [3.63, 3.8) is 0 Å². The molecule has 2 heteroatoms. The van der Waals surface area contributed by atoms with Gasteiger partial charge in [-0.25, -0.2) is 0 Å². The second-order valence-corrected chi connectivity index (χ2v) is 4.63. The predicted octanol–water partition coefficient (Wildman–Crippen LogP) is 3.54. The van der Waals surface area contributed by atoms with Crippen LogP contribution >= 0.6 is 0 Å². The Bertz CT molecular complexity index is 556. The van der Waals surface area contributed by atoms with Crippen LogP contribution in [0.15, 0.2) is 42.5 Å². The van der Waals surface area contributed by atoms with Crippen LogP contribution in [0.25, 0.3) is 11.1 Å². The average molecular weight is 239 g/mol. The first kappa shape index (κ1) is 12.4. The van der Waals surface area contributed by atoms with Crippen LogP contribution in [0.2, 0.25) is 0 Å². The zero-order valence-corrected chi connectivity index (χ0v) is 11.0. The first-order valence-electron chi connectivity index (χ1n) is 5.95. The zero-order valence-electron chi connectivity index (χ0n) is 11.0. The molecule has 0 aliphatic rings. The van der Waals surface area contributed by atoms with Crippen molar-refractivity contribution in [2.45, 2.75) is 6.92 Å². The Balaban J connectivity index is 2.44. The SMILES string of the molecule is Cc1ccc(C=O)cc1-c1ccc(N(C)C)cc1. The summed E-state index contributed by atoms with van der Waals surface area (Å²) in [6.07, 6.45) is 0.886. The van der Waals surface area contributed by atoms with Crippen molar-refractivity contribution in [2.75, 3.05) is 19.0 Å². The van der Waals surface area contributed by atoms with Crippen molar-refractivity contribution in [1.29, 1.82) is 0 Å². The van der Waals surface area contributed by atoms with Crippen LogP contribution in [-0.2, 0) is 0 Å². The molecule has 0 unspecified atom stereocenters. The number of aryl methyl sites for hydroxylation is 1. The highest BCUT2D eigenvalue weighted by atomic mass is 16.1. The van der Waals surface area contributed by atoms with E-state index in [1.807, 2.05) is 32.3 Å². The number of aldehydes is 1. The van der Waals surface area contributed by atoms with Crippen molar-refractivity contribution in [2.24, 2.45) is 0 Å². The molecule has 0 aromatic heterocycles. The normalized spacial score (nSPS) is 10.2. The topological polar surface area (TPSA) is 20.3 Å². The Morgan fingerprint density at radius 3 is 2.22 bits per heavy atom. The zero-order chi connectivity index (χ0) is 13.1. The van der Waals surface area contributed by atoms with Gasteiger partial charge in [-0.3, -0.25) is 4.79 Å². The van der Waals surface area contributed by atoms with E-state index in [4.69, 9.17) is 0 Å². The van der Waals surface area contributed by atoms with E-state index < -0.39 is 0 Å². The van der Waals surface area contributed by atoms with Gasteiger partial charge in [0.1, 0.15) is 6.29 Å². The van der Waals surface area contributed by atoms with E-state index in [1.54, 1.807) is 0 Å². The van der Waals surface area contributed by atoms with E-state index in [0.29, 0.717) is 5.56 Å². The highest BCUT2D eigenvalue weighted by molar-refractivity contribution is 5.80. The molecule has 0 heterocycles. The fraction of sp³-hybridized carbons (Fsp3) is 0.188. The number of carbonyl (C=O) groups is 1. The number of hydrogen-bond acceptors (Lipinski definition) is 2. The molecule has 0 aliphatic carbocycles. The number of rotatable bonds is 3. The Labute approximate surface area is 108 Å². The molecule has 0 N–H and O–H groups in total. The molecule has 2 aromatic rings. The minimum Gasteiger partial charge on any atom is -0.378 e. The quantitative estimate of drug-likeness (QED) is 0.763. The van der Waals surface area contributed by atoms with Crippen molar-refractivity contribution >= 4 is 12.0 Å². The molecule has 0 aliphatic heterocycles. The van der Waals surface area contributed by atoms with E-state index in [0.717, 1.165) is 17.4 Å². The third kappa shape index (κ3) is 2.43. The van der Waals surface area contributed by atoms with Crippen LogP contribution in [0, 0.1) is 6.92 Å². The average Bonchev–Trinajstić information content (AvgIpc) is 2.39. The van der Waals surface area contributed by atoms with Gasteiger partial charge in [-0.05, 0) is 41.8 Å². The smallest absolute Gasteiger partial charge is 0.150 e. The molecule has 0 atom stereocenters. The van der Waals surface area contributed by atoms with Gasteiger partial charge in [0.25, 0.3) is 0 Å². The maximum atomic E-state index is 10.8. The van der Waals surface area contributed by atoms with Gasteiger partial charge in [0, 0.05) is 25.3 Å². The molecule has 0 amide bonds. The minimum absolute atomic E-state index is 0.715. The summed E-state index contributed by atoms with van der Waals surface area (Å²) in [6, 6.07) is 14.1. The summed E-state index contributed by atoms with van der Waals surface area (Å²) in [7, 11) is 4.04. The van der Waals surface area contributed by atoms with Crippen molar-refractivity contribution in [3.05, 3.63) is 53.6 Å². The molecule has 0 bridgehead atoms.